The van der Waals surface area contributed by atoms with E-state index in [2.05, 4.69) is 5.32 Å². The van der Waals surface area contributed by atoms with E-state index in [1.807, 2.05) is 19.1 Å². The van der Waals surface area contributed by atoms with E-state index in [1.165, 1.54) is 19.2 Å². The highest BCUT2D eigenvalue weighted by Gasteiger charge is 2.43. The maximum atomic E-state index is 13.5. The minimum absolute atomic E-state index is 0.0657. The average Bonchev–Trinajstić information content (AvgIpc) is 3.23. The van der Waals surface area contributed by atoms with Crippen LogP contribution in [-0.4, -0.2) is 40.3 Å². The molecule has 2 fully saturated rings. The van der Waals surface area contributed by atoms with E-state index in [-0.39, 0.29) is 36.4 Å². The topological polar surface area (TPSA) is 95.2 Å². The molecule has 2 aromatic rings. The first kappa shape index (κ1) is 26.6. The maximum Gasteiger partial charge on any atom is 0.255 e. The molecule has 1 atom stereocenters. The molecular weight excluding hydrogens is 502 g/mol. The summed E-state index contributed by atoms with van der Waals surface area (Å²) in [5, 5.41) is 12.4. The van der Waals surface area contributed by atoms with Crippen LogP contribution in [0.1, 0.15) is 59.3 Å². The summed E-state index contributed by atoms with van der Waals surface area (Å²) in [6, 6.07) is 7.81. The third kappa shape index (κ3) is 5.91. The molecule has 0 bridgehead atoms. The first-order valence-electron chi connectivity index (χ1n) is 12.1. The molecule has 10 heteroatoms. The van der Waals surface area contributed by atoms with E-state index in [4.69, 9.17) is 11.6 Å². The molecule has 7 nitrogen and oxygen atoms in total. The number of likely N-dealkylation sites (tertiary alicyclic amines) is 1. The van der Waals surface area contributed by atoms with Crippen molar-refractivity contribution in [2.75, 3.05) is 18.4 Å². The van der Waals surface area contributed by atoms with Crippen LogP contribution in [0.5, 0.6) is 0 Å². The number of piperidine rings is 1. The molecule has 1 N–H and O–H groups in total. The van der Waals surface area contributed by atoms with Crippen molar-refractivity contribution in [3.8, 4) is 6.07 Å². The second-order valence-corrected chi connectivity index (χ2v) is 10.1. The van der Waals surface area contributed by atoms with Gasteiger partial charge in [0.05, 0.1) is 0 Å². The lowest BCUT2D eigenvalue weighted by Gasteiger charge is -2.30. The van der Waals surface area contributed by atoms with Gasteiger partial charge in [0.1, 0.15) is 11.8 Å². The van der Waals surface area contributed by atoms with Gasteiger partial charge in [0.15, 0.2) is 0 Å². The van der Waals surface area contributed by atoms with Crippen LogP contribution in [0.15, 0.2) is 34.6 Å². The van der Waals surface area contributed by atoms with Gasteiger partial charge in [0, 0.05) is 61.2 Å². The Morgan fingerprint density at radius 2 is 1.92 bits per heavy atom. The minimum atomic E-state index is -2.74. The number of hydrogen-bond acceptors (Lipinski definition) is 4. The van der Waals surface area contributed by atoms with E-state index in [9.17, 15) is 28.4 Å². The Morgan fingerprint density at radius 3 is 2.54 bits per heavy atom. The van der Waals surface area contributed by atoms with E-state index >= 15 is 0 Å². The van der Waals surface area contributed by atoms with Gasteiger partial charge in [-0.15, -0.1) is 0 Å². The monoisotopic (exact) mass is 528 g/mol. The van der Waals surface area contributed by atoms with Gasteiger partial charge >= 0.3 is 0 Å². The van der Waals surface area contributed by atoms with E-state index in [0.29, 0.717) is 36.6 Å². The number of carbonyl (C=O) groups is 2. The Hall–Kier alpha value is -3.51. The zero-order valence-corrected chi connectivity index (χ0v) is 21.4. The molecule has 1 unspecified atom stereocenters. The number of nitrogens with one attached hydrogen (secondary N) is 1. The Kier molecular flexibility index (Phi) is 7.51. The molecular formula is C27H27ClF2N4O3. The van der Waals surface area contributed by atoms with Gasteiger partial charge in [-0.2, -0.15) is 5.26 Å². The van der Waals surface area contributed by atoms with Crippen molar-refractivity contribution in [1.29, 1.82) is 5.26 Å². The molecule has 1 saturated carbocycles. The van der Waals surface area contributed by atoms with Crippen LogP contribution in [0.4, 0.5) is 14.5 Å². The largest absolute Gasteiger partial charge is 0.342 e. The molecule has 1 saturated heterocycles. The van der Waals surface area contributed by atoms with Crippen LogP contribution in [0.3, 0.4) is 0 Å². The molecule has 2 aliphatic rings. The van der Waals surface area contributed by atoms with Gasteiger partial charge in [0.25, 0.3) is 11.5 Å². The number of aromatic nitrogens is 1. The van der Waals surface area contributed by atoms with Gasteiger partial charge in [-0.1, -0.05) is 23.3 Å². The highest BCUT2D eigenvalue weighted by atomic mass is 35.5. The molecule has 0 radical (unpaired) electrons. The fraction of sp³-hybridized carbons (Fsp3) is 0.407. The first-order chi connectivity index (χ1) is 17.5. The minimum Gasteiger partial charge on any atom is -0.342 e. The summed E-state index contributed by atoms with van der Waals surface area (Å²) in [6.45, 7) is 2.78. The highest BCUT2D eigenvalue weighted by Crippen LogP contribution is 2.40. The van der Waals surface area contributed by atoms with Crippen molar-refractivity contribution >= 4 is 35.2 Å². The lowest BCUT2D eigenvalue weighted by Crippen LogP contribution is -2.39. The molecule has 0 spiro atoms. The molecule has 1 aromatic carbocycles. The number of halogens is 3. The van der Waals surface area contributed by atoms with Gasteiger partial charge in [-0.05, 0) is 55.5 Å². The van der Waals surface area contributed by atoms with Gasteiger partial charge in [-0.3, -0.25) is 14.4 Å². The number of rotatable bonds is 4. The normalized spacial score (nSPS) is 18.9. The quantitative estimate of drug-likeness (QED) is 0.610. The van der Waals surface area contributed by atoms with Gasteiger partial charge < -0.3 is 14.8 Å². The molecule has 2 heterocycles. The van der Waals surface area contributed by atoms with Gasteiger partial charge in [0.2, 0.25) is 11.8 Å². The summed E-state index contributed by atoms with van der Waals surface area (Å²) in [6.07, 6.45) is 2.86. The van der Waals surface area contributed by atoms with Crippen molar-refractivity contribution in [3.63, 3.8) is 0 Å². The van der Waals surface area contributed by atoms with Crippen LogP contribution in [0.25, 0.3) is 6.08 Å². The summed E-state index contributed by atoms with van der Waals surface area (Å²) in [7, 11) is 1.46. The summed E-state index contributed by atoms with van der Waals surface area (Å²) in [4.78, 5) is 39.3. The number of nitrogens with zero attached hydrogens (tertiary/aromatic N) is 3. The summed E-state index contributed by atoms with van der Waals surface area (Å²) >= 11 is 6.33. The van der Waals surface area contributed by atoms with Crippen molar-refractivity contribution in [2.45, 2.75) is 45.0 Å². The number of alkyl halides is 2. The molecule has 1 aliphatic carbocycles. The SMILES string of the molecule is Cc1c(C=C2CCN(C(=O)C3CCC(F)(F)C3)CC2)cc(Cl)cc1NC(=O)c1cc(C#N)n(C)c(=O)c1. The third-order valence-corrected chi connectivity index (χ3v) is 7.35. The molecule has 1 aromatic heterocycles. The number of amides is 2. The fourth-order valence-corrected chi connectivity index (χ4v) is 5.07. The van der Waals surface area contributed by atoms with Crippen LogP contribution in [0, 0.1) is 24.2 Å². The van der Waals surface area contributed by atoms with E-state index < -0.39 is 23.3 Å². The Bertz CT molecular complexity index is 1380. The summed E-state index contributed by atoms with van der Waals surface area (Å²) in [5.41, 5.74) is 2.79. The van der Waals surface area contributed by atoms with Crippen LogP contribution in [-0.2, 0) is 11.8 Å². The third-order valence-electron chi connectivity index (χ3n) is 7.13. The van der Waals surface area contributed by atoms with Crippen molar-refractivity contribution in [3.05, 3.63) is 67.6 Å². The lowest BCUT2D eigenvalue weighted by molar-refractivity contribution is -0.136. The molecule has 194 valence electrons. The number of benzene rings is 1. The van der Waals surface area contributed by atoms with Crippen LogP contribution in [0.2, 0.25) is 5.02 Å². The molecule has 37 heavy (non-hydrogen) atoms. The number of hydrogen-bond donors (Lipinski definition) is 1. The van der Waals surface area contributed by atoms with Crippen LogP contribution < -0.4 is 10.9 Å². The molecule has 2 amide bonds. The van der Waals surface area contributed by atoms with E-state index in [0.717, 1.165) is 21.3 Å². The Balaban J connectivity index is 1.47. The maximum absolute atomic E-state index is 13.5. The Morgan fingerprint density at radius 1 is 1.22 bits per heavy atom. The van der Waals surface area contributed by atoms with Crippen molar-refractivity contribution < 1.29 is 18.4 Å². The zero-order valence-electron chi connectivity index (χ0n) is 20.6. The lowest BCUT2D eigenvalue weighted by atomic mass is 9.96. The Labute approximate surface area is 218 Å². The van der Waals surface area contributed by atoms with Crippen molar-refractivity contribution in [2.24, 2.45) is 13.0 Å². The number of nitriles is 1. The average molecular weight is 529 g/mol. The molecule has 1 aliphatic heterocycles. The zero-order chi connectivity index (χ0) is 26.9. The van der Waals surface area contributed by atoms with Crippen LogP contribution >= 0.6 is 11.6 Å². The predicted octanol–water partition coefficient (Wildman–Crippen LogP) is 4.91. The standard InChI is InChI=1S/C27H27ClF2N4O3/c1-16-19(9-17-4-7-34(8-5-17)26(37)18-3-6-27(29,30)14-18)10-21(28)13-23(16)32-25(36)20-11-22(15-31)33(2)24(35)12-20/h9-13,18H,3-8,14H2,1-2H3,(H,32,36). The summed E-state index contributed by atoms with van der Waals surface area (Å²) < 4.78 is 28.2. The highest BCUT2D eigenvalue weighted by molar-refractivity contribution is 6.31. The van der Waals surface area contributed by atoms with E-state index in [1.54, 1.807) is 17.0 Å². The number of pyridine rings is 1. The first-order valence-corrected chi connectivity index (χ1v) is 12.4. The van der Waals surface area contributed by atoms with Gasteiger partial charge in [-0.25, -0.2) is 8.78 Å². The second-order valence-electron chi connectivity index (χ2n) is 9.68. The second kappa shape index (κ2) is 10.5. The summed E-state index contributed by atoms with van der Waals surface area (Å²) in [5.74, 6) is -4.07. The molecule has 4 rings (SSSR count). The fourth-order valence-electron chi connectivity index (χ4n) is 4.84. The number of anilines is 1. The predicted molar refractivity (Wildman–Crippen MR) is 137 cm³/mol. The number of carbonyl (C=O) groups excluding carboxylic acids is 2. The van der Waals surface area contributed by atoms with Crippen molar-refractivity contribution in [1.82, 2.24) is 9.47 Å². The smallest absolute Gasteiger partial charge is 0.255 e.